The van der Waals surface area contributed by atoms with Gasteiger partial charge in [0.15, 0.2) is 0 Å². The Bertz CT molecular complexity index is 166. The maximum absolute atomic E-state index is 5.71. The van der Waals surface area contributed by atoms with Gasteiger partial charge in [0, 0.05) is 19.0 Å². The van der Waals surface area contributed by atoms with E-state index in [2.05, 4.69) is 37.7 Å². The molecule has 0 radical (unpaired) electrons. The van der Waals surface area contributed by atoms with Crippen molar-refractivity contribution in [3.8, 4) is 0 Å². The number of hydrogen-bond donors (Lipinski definition) is 1. The summed E-state index contributed by atoms with van der Waals surface area (Å²) in [7, 11) is 2.14. The molecule has 84 valence electrons. The number of likely N-dealkylation sites (N-methyl/N-ethyl adjacent to an activating group) is 1. The molecule has 0 aliphatic rings. The molecule has 1 atom stereocenters. The van der Waals surface area contributed by atoms with Gasteiger partial charge in [-0.3, -0.25) is 4.99 Å². The molecular weight excluding hydrogens is 174 g/mol. The highest BCUT2D eigenvalue weighted by atomic mass is 15.1. The van der Waals surface area contributed by atoms with Crippen LogP contribution in [0.15, 0.2) is 4.99 Å². The molecule has 2 N–H and O–H groups in total. The second-order valence-corrected chi connectivity index (χ2v) is 3.86. The van der Waals surface area contributed by atoms with Crippen molar-refractivity contribution >= 4 is 5.84 Å². The van der Waals surface area contributed by atoms with Crippen molar-refractivity contribution in [1.29, 1.82) is 0 Å². The number of nitrogens with zero attached hydrogens (tertiary/aromatic N) is 2. The smallest absolute Gasteiger partial charge is 0.0937 e. The van der Waals surface area contributed by atoms with Gasteiger partial charge in [0.1, 0.15) is 0 Å². The summed E-state index contributed by atoms with van der Waals surface area (Å²) in [4.78, 5) is 6.65. The fraction of sp³-hybridized carbons (Fsp3) is 0.909. The van der Waals surface area contributed by atoms with Gasteiger partial charge in [-0.15, -0.1) is 0 Å². The molecule has 14 heavy (non-hydrogen) atoms. The number of aliphatic imine (C=N–C) groups is 1. The lowest BCUT2D eigenvalue weighted by atomic mass is 10.2. The molecule has 0 aromatic rings. The summed E-state index contributed by atoms with van der Waals surface area (Å²) in [6, 6.07) is 0.637. The molecule has 0 amide bonds. The highest BCUT2D eigenvalue weighted by molar-refractivity contribution is 5.80. The van der Waals surface area contributed by atoms with Gasteiger partial charge in [-0.2, -0.15) is 0 Å². The molecule has 0 saturated carbocycles. The van der Waals surface area contributed by atoms with Crippen LogP contribution in [0.4, 0.5) is 0 Å². The molecule has 0 aliphatic carbocycles. The number of amidine groups is 1. The lowest BCUT2D eigenvalue weighted by Gasteiger charge is -2.22. The minimum absolute atomic E-state index is 0.637. The van der Waals surface area contributed by atoms with Gasteiger partial charge in [-0.05, 0) is 26.8 Å². The third kappa shape index (κ3) is 5.97. The Labute approximate surface area is 88.4 Å². The summed E-state index contributed by atoms with van der Waals surface area (Å²) < 4.78 is 0. The molecule has 0 heterocycles. The van der Waals surface area contributed by atoms with E-state index >= 15 is 0 Å². The third-order valence-electron chi connectivity index (χ3n) is 2.62. The van der Waals surface area contributed by atoms with Crippen molar-refractivity contribution < 1.29 is 0 Å². The molecule has 0 saturated heterocycles. The summed E-state index contributed by atoms with van der Waals surface area (Å²) in [5.41, 5.74) is 5.71. The Morgan fingerprint density at radius 2 is 2.07 bits per heavy atom. The van der Waals surface area contributed by atoms with Gasteiger partial charge in [0.05, 0.1) is 12.4 Å². The Hall–Kier alpha value is -0.570. The van der Waals surface area contributed by atoms with E-state index in [0.717, 1.165) is 31.8 Å². The molecule has 0 aliphatic heterocycles. The van der Waals surface area contributed by atoms with Crippen LogP contribution in [0.1, 0.15) is 40.0 Å². The van der Waals surface area contributed by atoms with Gasteiger partial charge >= 0.3 is 0 Å². The second kappa shape index (κ2) is 7.80. The normalized spacial score (nSPS) is 14.8. The van der Waals surface area contributed by atoms with Crippen LogP contribution in [0.2, 0.25) is 0 Å². The number of hydrogen-bond acceptors (Lipinski definition) is 2. The van der Waals surface area contributed by atoms with Crippen molar-refractivity contribution in [3.63, 3.8) is 0 Å². The predicted molar refractivity (Wildman–Crippen MR) is 63.8 cm³/mol. The minimum atomic E-state index is 0.637. The maximum Gasteiger partial charge on any atom is 0.0937 e. The highest BCUT2D eigenvalue weighted by Crippen LogP contribution is 1.99. The van der Waals surface area contributed by atoms with Crippen molar-refractivity contribution in [3.05, 3.63) is 0 Å². The summed E-state index contributed by atoms with van der Waals surface area (Å²) in [6.07, 6.45) is 3.19. The summed E-state index contributed by atoms with van der Waals surface area (Å²) in [5.74, 6) is 0.796. The minimum Gasteiger partial charge on any atom is -0.387 e. The van der Waals surface area contributed by atoms with E-state index in [9.17, 15) is 0 Å². The number of rotatable bonds is 7. The van der Waals surface area contributed by atoms with E-state index in [1.165, 1.54) is 6.42 Å². The standard InChI is InChI=1S/C11H25N3/c1-5-7-11(12)13-8-9-14(4)10(3)6-2/h10H,5-9H2,1-4H3,(H2,12,13). The fourth-order valence-electron chi connectivity index (χ4n) is 1.22. The summed E-state index contributed by atoms with van der Waals surface area (Å²) >= 11 is 0. The maximum atomic E-state index is 5.71. The van der Waals surface area contributed by atoms with Gasteiger partial charge in [0.2, 0.25) is 0 Å². The van der Waals surface area contributed by atoms with Crippen LogP contribution in [0.3, 0.4) is 0 Å². The molecule has 1 unspecified atom stereocenters. The molecule has 3 heteroatoms. The van der Waals surface area contributed by atoms with E-state index < -0.39 is 0 Å². The topological polar surface area (TPSA) is 41.6 Å². The molecule has 0 aromatic heterocycles. The lowest BCUT2D eigenvalue weighted by Crippen LogP contribution is -2.31. The zero-order valence-corrected chi connectivity index (χ0v) is 10.1. The summed E-state index contributed by atoms with van der Waals surface area (Å²) in [6.45, 7) is 8.38. The molecule has 0 bridgehead atoms. The summed E-state index contributed by atoms with van der Waals surface area (Å²) in [5, 5.41) is 0. The molecule has 3 nitrogen and oxygen atoms in total. The lowest BCUT2D eigenvalue weighted by molar-refractivity contribution is 0.259. The fourth-order valence-corrected chi connectivity index (χ4v) is 1.22. The van der Waals surface area contributed by atoms with E-state index in [-0.39, 0.29) is 0 Å². The zero-order chi connectivity index (χ0) is 11.0. The first kappa shape index (κ1) is 13.4. The first-order valence-corrected chi connectivity index (χ1v) is 5.60. The van der Waals surface area contributed by atoms with Crippen LogP contribution in [0.25, 0.3) is 0 Å². The van der Waals surface area contributed by atoms with Crippen LogP contribution < -0.4 is 5.73 Å². The monoisotopic (exact) mass is 199 g/mol. The first-order chi connectivity index (χ1) is 6.61. The van der Waals surface area contributed by atoms with Crippen LogP contribution >= 0.6 is 0 Å². The van der Waals surface area contributed by atoms with Gasteiger partial charge in [-0.25, -0.2) is 0 Å². The number of nitrogens with two attached hydrogens (primary N) is 1. The third-order valence-corrected chi connectivity index (χ3v) is 2.62. The molecule has 0 spiro atoms. The van der Waals surface area contributed by atoms with Gasteiger partial charge in [0.25, 0.3) is 0 Å². The molecule has 0 fully saturated rings. The molecule has 0 aromatic carbocycles. The van der Waals surface area contributed by atoms with Crippen molar-refractivity contribution in [2.24, 2.45) is 10.7 Å². The average molecular weight is 199 g/mol. The van der Waals surface area contributed by atoms with E-state index in [1.807, 2.05) is 0 Å². The average Bonchev–Trinajstić information content (AvgIpc) is 2.16. The second-order valence-electron chi connectivity index (χ2n) is 3.86. The Morgan fingerprint density at radius 3 is 2.57 bits per heavy atom. The Kier molecular flexibility index (Phi) is 7.48. The first-order valence-electron chi connectivity index (χ1n) is 5.60. The quantitative estimate of drug-likeness (QED) is 0.502. The van der Waals surface area contributed by atoms with E-state index in [1.54, 1.807) is 0 Å². The highest BCUT2D eigenvalue weighted by Gasteiger charge is 2.04. The largest absolute Gasteiger partial charge is 0.387 e. The van der Waals surface area contributed by atoms with Crippen LogP contribution in [-0.4, -0.2) is 36.9 Å². The van der Waals surface area contributed by atoms with Gasteiger partial charge in [-0.1, -0.05) is 13.8 Å². The predicted octanol–water partition coefficient (Wildman–Crippen LogP) is 1.87. The molecule has 0 rings (SSSR count). The van der Waals surface area contributed by atoms with E-state index in [4.69, 9.17) is 5.73 Å². The van der Waals surface area contributed by atoms with E-state index in [0.29, 0.717) is 6.04 Å². The SMILES string of the molecule is CCCC(N)=NCCN(C)C(C)CC. The zero-order valence-electron chi connectivity index (χ0n) is 10.1. The van der Waals surface area contributed by atoms with Crippen molar-refractivity contribution in [2.45, 2.75) is 46.1 Å². The van der Waals surface area contributed by atoms with Crippen molar-refractivity contribution in [1.82, 2.24) is 4.90 Å². The van der Waals surface area contributed by atoms with Crippen LogP contribution in [-0.2, 0) is 0 Å². The van der Waals surface area contributed by atoms with Gasteiger partial charge < -0.3 is 10.6 Å². The Balaban J connectivity index is 3.67. The Morgan fingerprint density at radius 1 is 1.43 bits per heavy atom. The molecular formula is C11H25N3. The van der Waals surface area contributed by atoms with Crippen LogP contribution in [0, 0.1) is 0 Å². The van der Waals surface area contributed by atoms with Crippen molar-refractivity contribution in [2.75, 3.05) is 20.1 Å². The van der Waals surface area contributed by atoms with Crippen LogP contribution in [0.5, 0.6) is 0 Å².